The summed E-state index contributed by atoms with van der Waals surface area (Å²) < 4.78 is 11.1. The maximum atomic E-state index is 13.1. The van der Waals surface area contributed by atoms with Gasteiger partial charge in [0.25, 0.3) is 11.6 Å². The first-order chi connectivity index (χ1) is 16.3. The molecule has 0 atom stereocenters. The second-order valence-electron chi connectivity index (χ2n) is 8.09. The van der Waals surface area contributed by atoms with Crippen molar-refractivity contribution in [1.29, 1.82) is 0 Å². The zero-order valence-electron chi connectivity index (χ0n) is 18.4. The highest BCUT2D eigenvalue weighted by Gasteiger charge is 2.29. The summed E-state index contributed by atoms with van der Waals surface area (Å²) in [6, 6.07) is 9.43. The largest absolute Gasteiger partial charge is 0.484 e. The van der Waals surface area contributed by atoms with Gasteiger partial charge in [0, 0.05) is 28.3 Å². The lowest BCUT2D eigenvalue weighted by Crippen LogP contribution is -2.41. The molecule has 4 rings (SSSR count). The minimum absolute atomic E-state index is 0.000697. The lowest BCUT2D eigenvalue weighted by molar-refractivity contribution is -0.385. The van der Waals surface area contributed by atoms with Gasteiger partial charge in [0.1, 0.15) is 12.3 Å². The van der Waals surface area contributed by atoms with Crippen molar-refractivity contribution < 1.29 is 19.0 Å². The summed E-state index contributed by atoms with van der Waals surface area (Å²) in [7, 11) is 0. The van der Waals surface area contributed by atoms with Crippen LogP contribution in [0.5, 0.6) is 5.75 Å². The number of hydrogen-bond donors (Lipinski definition) is 0. The second-order valence-corrected chi connectivity index (χ2v) is 8.93. The number of hydrogen-bond acceptors (Lipinski definition) is 7. The van der Waals surface area contributed by atoms with E-state index in [1.807, 2.05) is 0 Å². The van der Waals surface area contributed by atoms with E-state index in [0.29, 0.717) is 32.7 Å². The van der Waals surface area contributed by atoms with Crippen LogP contribution in [0.2, 0.25) is 10.0 Å². The summed E-state index contributed by atoms with van der Waals surface area (Å²) in [5.74, 6) is 0.757. The van der Waals surface area contributed by atoms with Gasteiger partial charge in [-0.2, -0.15) is 4.98 Å². The molecule has 0 saturated heterocycles. The van der Waals surface area contributed by atoms with Gasteiger partial charge in [-0.15, -0.1) is 0 Å². The van der Waals surface area contributed by atoms with Crippen LogP contribution in [0.1, 0.15) is 37.1 Å². The molecule has 0 N–H and O–H groups in total. The van der Waals surface area contributed by atoms with Crippen LogP contribution in [0.15, 0.2) is 40.9 Å². The summed E-state index contributed by atoms with van der Waals surface area (Å²) in [4.78, 5) is 29.8. The van der Waals surface area contributed by atoms with Crippen LogP contribution >= 0.6 is 23.2 Å². The van der Waals surface area contributed by atoms with Gasteiger partial charge in [-0.1, -0.05) is 41.2 Å². The molecule has 0 spiro atoms. The third kappa shape index (κ3) is 5.48. The maximum absolute atomic E-state index is 13.1. The molecule has 1 heterocycles. The van der Waals surface area contributed by atoms with E-state index in [1.54, 1.807) is 36.1 Å². The topological polar surface area (TPSA) is 112 Å². The lowest BCUT2D eigenvalue weighted by atomic mass is 10.2. The van der Waals surface area contributed by atoms with E-state index in [1.165, 1.54) is 12.1 Å². The van der Waals surface area contributed by atoms with E-state index in [9.17, 15) is 14.9 Å². The van der Waals surface area contributed by atoms with Crippen molar-refractivity contribution in [2.45, 2.75) is 45.2 Å². The van der Waals surface area contributed by atoms with Crippen molar-refractivity contribution in [2.75, 3.05) is 6.61 Å². The predicted octanol–water partition coefficient (Wildman–Crippen LogP) is 5.61. The number of nitrogens with zero attached hydrogens (tertiary/aromatic N) is 4. The van der Waals surface area contributed by atoms with Gasteiger partial charge in [0.05, 0.1) is 9.95 Å². The fourth-order valence-electron chi connectivity index (χ4n) is 4.03. The number of ether oxygens (including phenoxy) is 1. The summed E-state index contributed by atoms with van der Waals surface area (Å²) in [5, 5.41) is 15.9. The van der Waals surface area contributed by atoms with E-state index in [-0.39, 0.29) is 36.7 Å². The normalized spacial score (nSPS) is 13.7. The standard InChI is InChI=1S/C23H22Cl2N4O5/c1-14-10-17(7-9-20(14)29(31)32)33-13-22(30)28(16-4-2-3-5-16)12-21-26-23(27-34-21)18-8-6-15(24)11-19(18)25/h6-11,16H,2-5,12-13H2,1H3. The third-order valence-electron chi connectivity index (χ3n) is 5.76. The van der Waals surface area contributed by atoms with Gasteiger partial charge in [-0.25, -0.2) is 0 Å². The number of aryl methyl sites for hydroxylation is 1. The van der Waals surface area contributed by atoms with Crippen molar-refractivity contribution in [2.24, 2.45) is 0 Å². The molecule has 0 aliphatic heterocycles. The zero-order chi connectivity index (χ0) is 24.2. The first-order valence-electron chi connectivity index (χ1n) is 10.8. The van der Waals surface area contributed by atoms with Gasteiger partial charge >= 0.3 is 0 Å². The lowest BCUT2D eigenvalue weighted by Gasteiger charge is -2.27. The molecule has 34 heavy (non-hydrogen) atoms. The van der Waals surface area contributed by atoms with Crippen molar-refractivity contribution in [3.8, 4) is 17.1 Å². The smallest absolute Gasteiger partial charge is 0.272 e. The van der Waals surface area contributed by atoms with Crippen LogP contribution in [-0.2, 0) is 11.3 Å². The fraction of sp³-hybridized carbons (Fsp3) is 0.348. The first kappa shape index (κ1) is 24.0. The number of carbonyl (C=O) groups excluding carboxylic acids is 1. The molecule has 0 radical (unpaired) electrons. The Morgan fingerprint density at radius 1 is 1.24 bits per heavy atom. The van der Waals surface area contributed by atoms with Crippen molar-refractivity contribution >= 4 is 34.8 Å². The average molecular weight is 505 g/mol. The summed E-state index contributed by atoms with van der Waals surface area (Å²) in [6.45, 7) is 1.56. The van der Waals surface area contributed by atoms with E-state index in [4.69, 9.17) is 32.5 Å². The first-order valence-corrected chi connectivity index (χ1v) is 11.5. The van der Waals surface area contributed by atoms with Gasteiger partial charge in [0.15, 0.2) is 6.61 Å². The van der Waals surface area contributed by atoms with Gasteiger partial charge in [0.2, 0.25) is 11.7 Å². The Morgan fingerprint density at radius 2 is 2.00 bits per heavy atom. The van der Waals surface area contributed by atoms with E-state index in [2.05, 4.69) is 10.1 Å². The van der Waals surface area contributed by atoms with Gasteiger partial charge in [-0.3, -0.25) is 14.9 Å². The monoisotopic (exact) mass is 504 g/mol. The second kappa shape index (κ2) is 10.4. The van der Waals surface area contributed by atoms with Crippen molar-refractivity contribution in [1.82, 2.24) is 15.0 Å². The molecule has 1 amide bonds. The van der Waals surface area contributed by atoms with Crippen LogP contribution in [0.3, 0.4) is 0 Å². The molecule has 2 aromatic carbocycles. The Bertz CT molecular complexity index is 1210. The summed E-state index contributed by atoms with van der Waals surface area (Å²) in [6.07, 6.45) is 3.83. The van der Waals surface area contributed by atoms with Crippen molar-refractivity contribution in [3.63, 3.8) is 0 Å². The van der Waals surface area contributed by atoms with Crippen LogP contribution < -0.4 is 4.74 Å². The van der Waals surface area contributed by atoms with Crippen LogP contribution in [0.4, 0.5) is 5.69 Å². The third-order valence-corrected chi connectivity index (χ3v) is 6.31. The quantitative estimate of drug-likeness (QED) is 0.289. The molecule has 1 aromatic heterocycles. The number of aromatic nitrogens is 2. The van der Waals surface area contributed by atoms with E-state index >= 15 is 0 Å². The number of nitro benzene ring substituents is 1. The molecule has 0 bridgehead atoms. The summed E-state index contributed by atoms with van der Waals surface area (Å²) in [5.41, 5.74) is 1.04. The average Bonchev–Trinajstić information content (AvgIpc) is 3.48. The molecule has 0 unspecified atom stereocenters. The Kier molecular flexibility index (Phi) is 7.33. The number of amides is 1. The van der Waals surface area contributed by atoms with Crippen LogP contribution in [0.25, 0.3) is 11.4 Å². The maximum Gasteiger partial charge on any atom is 0.272 e. The van der Waals surface area contributed by atoms with E-state index < -0.39 is 4.92 Å². The molecule has 1 fully saturated rings. The summed E-state index contributed by atoms with van der Waals surface area (Å²) >= 11 is 12.2. The molecule has 9 nitrogen and oxygen atoms in total. The molecule has 3 aromatic rings. The highest BCUT2D eigenvalue weighted by Crippen LogP contribution is 2.30. The minimum atomic E-state index is -0.456. The van der Waals surface area contributed by atoms with Gasteiger partial charge < -0.3 is 14.2 Å². The number of benzene rings is 2. The molecule has 1 aliphatic rings. The Labute approximate surface area is 205 Å². The Hall–Kier alpha value is -3.17. The van der Waals surface area contributed by atoms with E-state index in [0.717, 1.165) is 25.7 Å². The zero-order valence-corrected chi connectivity index (χ0v) is 19.9. The molecular formula is C23H22Cl2N4O5. The Balaban J connectivity index is 1.47. The predicted molar refractivity (Wildman–Crippen MR) is 126 cm³/mol. The molecule has 1 aliphatic carbocycles. The molecule has 178 valence electrons. The SMILES string of the molecule is Cc1cc(OCC(=O)N(Cc2nc(-c3ccc(Cl)cc3Cl)no2)C2CCCC2)ccc1[N+](=O)[O-]. The number of rotatable bonds is 8. The molecular weight excluding hydrogens is 483 g/mol. The molecule has 1 saturated carbocycles. The number of halogens is 2. The van der Waals surface area contributed by atoms with Gasteiger partial charge in [-0.05, 0) is 50.1 Å². The highest BCUT2D eigenvalue weighted by atomic mass is 35.5. The van der Waals surface area contributed by atoms with Crippen LogP contribution in [-0.4, -0.2) is 38.5 Å². The highest BCUT2D eigenvalue weighted by molar-refractivity contribution is 6.36. The Morgan fingerprint density at radius 3 is 2.68 bits per heavy atom. The minimum Gasteiger partial charge on any atom is -0.484 e. The number of carbonyl (C=O) groups is 1. The fourth-order valence-corrected chi connectivity index (χ4v) is 4.53. The molecule has 11 heteroatoms. The number of nitro groups is 1. The van der Waals surface area contributed by atoms with Crippen molar-refractivity contribution in [3.05, 3.63) is 68.0 Å². The van der Waals surface area contributed by atoms with Crippen LogP contribution in [0, 0.1) is 17.0 Å².